The number of hydrogen-bond donors (Lipinski definition) is 0. The number of aryl methyl sites for hydroxylation is 1. The first kappa shape index (κ1) is 22.8. The quantitative estimate of drug-likeness (QED) is 0.339. The summed E-state index contributed by atoms with van der Waals surface area (Å²) in [6.45, 7) is 0. The summed E-state index contributed by atoms with van der Waals surface area (Å²) in [6.07, 6.45) is 0.440. The predicted molar refractivity (Wildman–Crippen MR) is 127 cm³/mol. The molecule has 0 spiro atoms. The number of imidazole rings is 1. The van der Waals surface area contributed by atoms with Crippen LogP contribution in [0.4, 0.5) is 13.2 Å². The maximum Gasteiger partial charge on any atom is 0.434 e. The third-order valence-electron chi connectivity index (χ3n) is 6.37. The predicted octanol–water partition coefficient (Wildman–Crippen LogP) is 4.95. The Balaban J connectivity index is 1.32. The van der Waals surface area contributed by atoms with Crippen LogP contribution in [0.2, 0.25) is 0 Å². The third-order valence-corrected chi connectivity index (χ3v) is 6.37. The number of rotatable bonds is 5. The Labute approximate surface area is 209 Å². The van der Waals surface area contributed by atoms with Gasteiger partial charge in [-0.25, -0.2) is 24.5 Å². The molecular formula is C26H19F3N8. The van der Waals surface area contributed by atoms with E-state index >= 15 is 0 Å². The maximum atomic E-state index is 13.0. The van der Waals surface area contributed by atoms with E-state index in [0.717, 1.165) is 36.0 Å². The number of alkyl halides is 3. The van der Waals surface area contributed by atoms with Crippen LogP contribution in [0.15, 0.2) is 55.0 Å². The van der Waals surface area contributed by atoms with Gasteiger partial charge in [-0.05, 0) is 30.5 Å². The second-order valence-electron chi connectivity index (χ2n) is 9.02. The molecule has 4 heterocycles. The summed E-state index contributed by atoms with van der Waals surface area (Å²) >= 11 is 0. The van der Waals surface area contributed by atoms with E-state index < -0.39 is 11.9 Å². The molecule has 37 heavy (non-hydrogen) atoms. The second kappa shape index (κ2) is 8.51. The topological polar surface area (TPSA) is 97.6 Å². The summed E-state index contributed by atoms with van der Waals surface area (Å²) < 4.78 is 42.2. The minimum atomic E-state index is -4.50. The molecule has 8 nitrogen and oxygen atoms in total. The highest BCUT2D eigenvalue weighted by Crippen LogP contribution is 2.43. The van der Waals surface area contributed by atoms with Gasteiger partial charge in [0.2, 0.25) is 0 Å². The fourth-order valence-corrected chi connectivity index (χ4v) is 4.42. The lowest BCUT2D eigenvalue weighted by molar-refractivity contribution is -0.140. The van der Waals surface area contributed by atoms with E-state index in [9.17, 15) is 18.4 Å². The van der Waals surface area contributed by atoms with Crippen molar-refractivity contribution in [2.45, 2.75) is 31.4 Å². The lowest BCUT2D eigenvalue weighted by Gasteiger charge is -2.07. The molecule has 1 aliphatic rings. The number of nitrogens with zero attached hydrogens (tertiary/aromatic N) is 8. The van der Waals surface area contributed by atoms with Gasteiger partial charge in [0.25, 0.3) is 0 Å². The number of aromatic nitrogens is 7. The summed E-state index contributed by atoms with van der Waals surface area (Å²) in [6, 6.07) is 15.0. The average Bonchev–Trinajstić information content (AvgIpc) is 3.51. The Bertz CT molecular complexity index is 1670. The molecule has 0 saturated heterocycles. The summed E-state index contributed by atoms with van der Waals surface area (Å²) in [4.78, 5) is 17.0. The third kappa shape index (κ3) is 4.20. The van der Waals surface area contributed by atoms with Gasteiger partial charge in [0.1, 0.15) is 18.2 Å². The van der Waals surface area contributed by atoms with Crippen molar-refractivity contribution in [1.82, 2.24) is 34.1 Å². The van der Waals surface area contributed by atoms with Crippen molar-refractivity contribution in [3.63, 3.8) is 0 Å². The van der Waals surface area contributed by atoms with E-state index in [1.54, 1.807) is 23.7 Å². The molecule has 0 N–H and O–H groups in total. The maximum absolute atomic E-state index is 13.0. The van der Waals surface area contributed by atoms with Crippen LogP contribution >= 0.6 is 0 Å². The minimum Gasteiger partial charge on any atom is -0.333 e. The molecule has 184 valence electrons. The molecule has 6 rings (SSSR count). The molecular weight excluding hydrogens is 481 g/mol. The van der Waals surface area contributed by atoms with E-state index in [2.05, 4.69) is 26.0 Å². The number of hydrogen-bond acceptors (Lipinski definition) is 6. The highest BCUT2D eigenvalue weighted by atomic mass is 19.4. The Kier molecular flexibility index (Phi) is 5.26. The monoisotopic (exact) mass is 500 g/mol. The summed E-state index contributed by atoms with van der Waals surface area (Å²) in [5.41, 5.74) is 3.75. The smallest absolute Gasteiger partial charge is 0.333 e. The lowest BCUT2D eigenvalue weighted by Crippen LogP contribution is -2.04. The van der Waals surface area contributed by atoms with Crippen molar-refractivity contribution >= 4 is 5.65 Å². The molecule has 1 aromatic carbocycles. The first-order valence-electron chi connectivity index (χ1n) is 11.6. The average molecular weight is 500 g/mol. The van der Waals surface area contributed by atoms with Crippen LogP contribution in [0.1, 0.15) is 47.1 Å². The number of halogens is 3. The zero-order valence-corrected chi connectivity index (χ0v) is 19.6. The molecule has 0 aliphatic heterocycles. The first-order valence-corrected chi connectivity index (χ1v) is 11.6. The lowest BCUT2D eigenvalue weighted by atomic mass is 10.1. The SMILES string of the molecule is Cn1cc(C(F)(F)F)nc1-c1ccc(Cc2cccc3nc(-c4c(C#N)ncnc4C4CC4)nn23)cc1. The van der Waals surface area contributed by atoms with Crippen LogP contribution in [0.5, 0.6) is 0 Å². The fourth-order valence-electron chi connectivity index (χ4n) is 4.42. The molecule has 1 saturated carbocycles. The van der Waals surface area contributed by atoms with Crippen molar-refractivity contribution in [3.8, 4) is 28.8 Å². The Morgan fingerprint density at radius 1 is 1.05 bits per heavy atom. The summed E-state index contributed by atoms with van der Waals surface area (Å²) in [5.74, 6) is 0.949. The van der Waals surface area contributed by atoms with Crippen LogP contribution in [-0.4, -0.2) is 34.1 Å². The van der Waals surface area contributed by atoms with Gasteiger partial charge < -0.3 is 4.57 Å². The zero-order chi connectivity index (χ0) is 25.7. The van der Waals surface area contributed by atoms with Gasteiger partial charge in [0.15, 0.2) is 22.9 Å². The van der Waals surface area contributed by atoms with Gasteiger partial charge in [-0.15, -0.1) is 5.10 Å². The molecule has 0 bridgehead atoms. The number of benzene rings is 1. The van der Waals surface area contributed by atoms with Crippen molar-refractivity contribution in [3.05, 3.63) is 83.3 Å². The van der Waals surface area contributed by atoms with Crippen LogP contribution in [0.25, 0.3) is 28.4 Å². The van der Waals surface area contributed by atoms with E-state index in [0.29, 0.717) is 34.9 Å². The van der Waals surface area contributed by atoms with Crippen LogP contribution in [-0.2, 0) is 19.6 Å². The summed E-state index contributed by atoms with van der Waals surface area (Å²) in [5, 5.41) is 14.3. The second-order valence-corrected chi connectivity index (χ2v) is 9.02. The van der Waals surface area contributed by atoms with Crippen LogP contribution in [0, 0.1) is 11.3 Å². The Hall–Kier alpha value is -4.59. The van der Waals surface area contributed by atoms with Gasteiger partial charge in [-0.1, -0.05) is 30.3 Å². The molecule has 0 radical (unpaired) electrons. The highest BCUT2D eigenvalue weighted by molar-refractivity contribution is 5.67. The molecule has 1 aliphatic carbocycles. The highest BCUT2D eigenvalue weighted by Gasteiger charge is 2.34. The molecule has 0 amide bonds. The molecule has 1 fully saturated rings. The van der Waals surface area contributed by atoms with Crippen molar-refractivity contribution in [2.75, 3.05) is 0 Å². The van der Waals surface area contributed by atoms with Crippen LogP contribution < -0.4 is 0 Å². The number of fused-ring (bicyclic) bond motifs is 1. The summed E-state index contributed by atoms with van der Waals surface area (Å²) in [7, 11) is 1.54. The molecule has 0 unspecified atom stereocenters. The largest absolute Gasteiger partial charge is 0.434 e. The molecule has 11 heteroatoms. The normalized spacial score (nSPS) is 13.7. The number of pyridine rings is 1. The Morgan fingerprint density at radius 2 is 1.84 bits per heavy atom. The van der Waals surface area contributed by atoms with Crippen LogP contribution in [0.3, 0.4) is 0 Å². The van der Waals surface area contributed by atoms with Gasteiger partial charge in [0.05, 0.1) is 11.3 Å². The zero-order valence-electron chi connectivity index (χ0n) is 19.6. The fraction of sp³-hybridized carbons (Fsp3) is 0.231. The minimum absolute atomic E-state index is 0.242. The molecule has 4 aromatic heterocycles. The van der Waals surface area contributed by atoms with Gasteiger partial charge >= 0.3 is 6.18 Å². The standard InChI is InChI=1S/C26H19F3N8/c1-36-13-20(26(27,28)29)33-25(36)17-7-5-15(6-8-17)11-18-3-2-4-21-34-24(35-37(18)21)22-19(12-30)31-14-32-23(22)16-9-10-16/h2-8,13-14,16H,9-11H2,1H3. The Morgan fingerprint density at radius 3 is 2.51 bits per heavy atom. The van der Waals surface area contributed by atoms with Gasteiger partial charge in [-0.2, -0.15) is 18.4 Å². The van der Waals surface area contributed by atoms with Crippen molar-refractivity contribution in [2.24, 2.45) is 7.05 Å². The molecule has 5 aromatic rings. The van der Waals surface area contributed by atoms with E-state index in [1.807, 2.05) is 30.3 Å². The van der Waals surface area contributed by atoms with E-state index in [4.69, 9.17) is 5.10 Å². The van der Waals surface area contributed by atoms with Gasteiger partial charge in [0, 0.05) is 36.8 Å². The van der Waals surface area contributed by atoms with Gasteiger partial charge in [-0.3, -0.25) is 0 Å². The first-order chi connectivity index (χ1) is 17.8. The number of nitriles is 1. The van der Waals surface area contributed by atoms with Crippen molar-refractivity contribution in [1.29, 1.82) is 5.26 Å². The molecule has 0 atom stereocenters. The van der Waals surface area contributed by atoms with E-state index in [-0.39, 0.29) is 11.5 Å². The van der Waals surface area contributed by atoms with E-state index in [1.165, 1.54) is 10.9 Å². The van der Waals surface area contributed by atoms with Crippen molar-refractivity contribution < 1.29 is 13.2 Å².